The standard InChI is InChI=1S/C14H18O2/c1-9(2)6-13(15)12-7-10(3)14(16-5)11(4)8-12/h6-8H,1-5H3. The van der Waals surface area contributed by atoms with Crippen LogP contribution in [0.25, 0.3) is 0 Å². The maximum Gasteiger partial charge on any atom is 0.185 e. The van der Waals surface area contributed by atoms with Crippen LogP contribution in [0.3, 0.4) is 0 Å². The van der Waals surface area contributed by atoms with Crippen LogP contribution in [0, 0.1) is 13.8 Å². The number of ether oxygens (including phenoxy) is 1. The lowest BCUT2D eigenvalue weighted by atomic mass is 10.0. The molecule has 16 heavy (non-hydrogen) atoms. The van der Waals surface area contributed by atoms with Gasteiger partial charge in [0.1, 0.15) is 5.75 Å². The van der Waals surface area contributed by atoms with E-state index in [0.29, 0.717) is 0 Å². The summed E-state index contributed by atoms with van der Waals surface area (Å²) in [5.41, 5.74) is 3.72. The van der Waals surface area contributed by atoms with Gasteiger partial charge >= 0.3 is 0 Å². The SMILES string of the molecule is COc1c(C)cc(C(=O)C=C(C)C)cc1C. The third kappa shape index (κ3) is 2.72. The molecule has 0 spiro atoms. The molecule has 0 saturated carbocycles. The van der Waals surface area contributed by atoms with Crippen molar-refractivity contribution in [3.05, 3.63) is 40.5 Å². The van der Waals surface area contributed by atoms with Crippen molar-refractivity contribution in [1.29, 1.82) is 0 Å². The van der Waals surface area contributed by atoms with Crippen LogP contribution in [0.2, 0.25) is 0 Å². The van der Waals surface area contributed by atoms with E-state index >= 15 is 0 Å². The van der Waals surface area contributed by atoms with Gasteiger partial charge in [-0.2, -0.15) is 0 Å². The first-order valence-electron chi connectivity index (χ1n) is 5.30. The van der Waals surface area contributed by atoms with Crippen molar-refractivity contribution in [2.45, 2.75) is 27.7 Å². The molecule has 86 valence electrons. The summed E-state index contributed by atoms with van der Waals surface area (Å²) < 4.78 is 5.26. The number of hydrogen-bond donors (Lipinski definition) is 0. The van der Waals surface area contributed by atoms with Crippen molar-refractivity contribution >= 4 is 5.78 Å². The molecular formula is C14H18O2. The van der Waals surface area contributed by atoms with E-state index in [1.165, 1.54) is 0 Å². The number of aryl methyl sites for hydroxylation is 2. The van der Waals surface area contributed by atoms with E-state index in [0.717, 1.165) is 28.0 Å². The van der Waals surface area contributed by atoms with Crippen LogP contribution in [0.15, 0.2) is 23.8 Å². The smallest absolute Gasteiger partial charge is 0.185 e. The molecule has 2 nitrogen and oxygen atoms in total. The highest BCUT2D eigenvalue weighted by atomic mass is 16.5. The molecule has 0 radical (unpaired) electrons. The van der Waals surface area contributed by atoms with Crippen molar-refractivity contribution in [3.8, 4) is 5.75 Å². The maximum absolute atomic E-state index is 11.8. The quantitative estimate of drug-likeness (QED) is 0.573. The van der Waals surface area contributed by atoms with Crippen molar-refractivity contribution < 1.29 is 9.53 Å². The first-order chi connectivity index (χ1) is 7.45. The predicted octanol–water partition coefficient (Wildman–Crippen LogP) is 3.46. The first kappa shape index (κ1) is 12.5. The van der Waals surface area contributed by atoms with E-state index in [4.69, 9.17) is 4.74 Å². The fourth-order valence-electron chi connectivity index (χ4n) is 1.76. The van der Waals surface area contributed by atoms with Crippen LogP contribution >= 0.6 is 0 Å². The summed E-state index contributed by atoms with van der Waals surface area (Å²) in [6, 6.07) is 3.74. The highest BCUT2D eigenvalue weighted by Crippen LogP contribution is 2.24. The minimum Gasteiger partial charge on any atom is -0.496 e. The number of carbonyl (C=O) groups excluding carboxylic acids is 1. The van der Waals surface area contributed by atoms with Gasteiger partial charge < -0.3 is 4.74 Å². The molecule has 0 saturated heterocycles. The highest BCUT2D eigenvalue weighted by Gasteiger charge is 2.09. The van der Waals surface area contributed by atoms with E-state index in [1.54, 1.807) is 13.2 Å². The molecule has 1 rings (SSSR count). The largest absolute Gasteiger partial charge is 0.496 e. The number of methoxy groups -OCH3 is 1. The summed E-state index contributed by atoms with van der Waals surface area (Å²) in [6.45, 7) is 7.73. The second kappa shape index (κ2) is 4.97. The summed E-state index contributed by atoms with van der Waals surface area (Å²) in [7, 11) is 1.65. The van der Waals surface area contributed by atoms with E-state index in [-0.39, 0.29) is 5.78 Å². The second-order valence-electron chi connectivity index (χ2n) is 4.23. The molecule has 0 N–H and O–H groups in total. The molecule has 0 aliphatic carbocycles. The van der Waals surface area contributed by atoms with Gasteiger partial charge in [-0.15, -0.1) is 0 Å². The summed E-state index contributed by atoms with van der Waals surface area (Å²) in [4.78, 5) is 11.8. The van der Waals surface area contributed by atoms with Gasteiger partial charge in [-0.05, 0) is 57.0 Å². The Kier molecular flexibility index (Phi) is 3.88. The predicted molar refractivity (Wildman–Crippen MR) is 66.2 cm³/mol. The summed E-state index contributed by atoms with van der Waals surface area (Å²) >= 11 is 0. The molecule has 1 aromatic carbocycles. The Bertz CT molecular complexity index is 415. The van der Waals surface area contributed by atoms with Gasteiger partial charge in [-0.3, -0.25) is 4.79 Å². The molecule has 2 heteroatoms. The van der Waals surface area contributed by atoms with Gasteiger partial charge in [0.05, 0.1) is 7.11 Å². The lowest BCUT2D eigenvalue weighted by Crippen LogP contribution is -1.99. The van der Waals surface area contributed by atoms with E-state index in [2.05, 4.69) is 0 Å². The van der Waals surface area contributed by atoms with Crippen LogP contribution in [0.4, 0.5) is 0 Å². The molecule has 0 aliphatic rings. The first-order valence-corrected chi connectivity index (χ1v) is 5.30. The van der Waals surface area contributed by atoms with Gasteiger partial charge in [0.2, 0.25) is 0 Å². The number of rotatable bonds is 3. The Morgan fingerprint density at radius 1 is 1.19 bits per heavy atom. The summed E-state index contributed by atoms with van der Waals surface area (Å²) in [5.74, 6) is 0.905. The topological polar surface area (TPSA) is 26.3 Å². The average molecular weight is 218 g/mol. The Hall–Kier alpha value is -1.57. The Morgan fingerprint density at radius 2 is 1.69 bits per heavy atom. The number of carbonyl (C=O) groups is 1. The minimum atomic E-state index is 0.0499. The van der Waals surface area contributed by atoms with E-state index < -0.39 is 0 Å². The van der Waals surface area contributed by atoms with Gasteiger partial charge in [0.25, 0.3) is 0 Å². The van der Waals surface area contributed by atoms with Crippen LogP contribution in [-0.2, 0) is 0 Å². The van der Waals surface area contributed by atoms with Crippen molar-refractivity contribution in [2.24, 2.45) is 0 Å². The zero-order chi connectivity index (χ0) is 12.3. The number of ketones is 1. The van der Waals surface area contributed by atoms with Gasteiger partial charge in [0.15, 0.2) is 5.78 Å². The molecule has 0 aromatic heterocycles. The van der Waals surface area contributed by atoms with E-state index in [9.17, 15) is 4.79 Å². The fraction of sp³-hybridized carbons (Fsp3) is 0.357. The molecule has 0 unspecified atom stereocenters. The monoisotopic (exact) mass is 218 g/mol. The van der Waals surface area contributed by atoms with Gasteiger partial charge in [-0.25, -0.2) is 0 Å². The molecule has 0 bridgehead atoms. The second-order valence-corrected chi connectivity index (χ2v) is 4.23. The number of allylic oxidation sites excluding steroid dienone is 2. The Labute approximate surface area is 96.9 Å². The maximum atomic E-state index is 11.8. The molecule has 0 atom stereocenters. The van der Waals surface area contributed by atoms with Crippen LogP contribution in [0.1, 0.15) is 35.3 Å². The molecule has 0 aliphatic heterocycles. The Balaban J connectivity index is 3.19. The molecule has 0 amide bonds. The highest BCUT2D eigenvalue weighted by molar-refractivity contribution is 6.05. The van der Waals surface area contributed by atoms with Crippen molar-refractivity contribution in [1.82, 2.24) is 0 Å². The molecular weight excluding hydrogens is 200 g/mol. The van der Waals surface area contributed by atoms with E-state index in [1.807, 2.05) is 39.8 Å². The number of benzene rings is 1. The third-order valence-corrected chi connectivity index (χ3v) is 2.37. The molecule has 0 heterocycles. The lowest BCUT2D eigenvalue weighted by Gasteiger charge is -2.09. The average Bonchev–Trinajstić information content (AvgIpc) is 2.16. The van der Waals surface area contributed by atoms with Gasteiger partial charge in [0, 0.05) is 5.56 Å². The number of hydrogen-bond acceptors (Lipinski definition) is 2. The minimum absolute atomic E-state index is 0.0499. The lowest BCUT2D eigenvalue weighted by molar-refractivity contribution is 0.104. The zero-order valence-electron chi connectivity index (χ0n) is 10.5. The van der Waals surface area contributed by atoms with Gasteiger partial charge in [-0.1, -0.05) is 5.57 Å². The van der Waals surface area contributed by atoms with Crippen molar-refractivity contribution in [2.75, 3.05) is 7.11 Å². The Morgan fingerprint density at radius 3 is 2.06 bits per heavy atom. The van der Waals surface area contributed by atoms with Crippen LogP contribution in [0.5, 0.6) is 5.75 Å². The molecule has 1 aromatic rings. The zero-order valence-corrected chi connectivity index (χ0v) is 10.5. The fourth-order valence-corrected chi connectivity index (χ4v) is 1.76. The molecule has 0 fully saturated rings. The van der Waals surface area contributed by atoms with Crippen LogP contribution < -0.4 is 4.74 Å². The summed E-state index contributed by atoms with van der Waals surface area (Å²) in [5, 5.41) is 0. The van der Waals surface area contributed by atoms with Crippen LogP contribution in [-0.4, -0.2) is 12.9 Å². The third-order valence-electron chi connectivity index (χ3n) is 2.37. The summed E-state index contributed by atoms with van der Waals surface area (Å²) in [6.07, 6.45) is 1.65. The normalized spacial score (nSPS) is 9.81. The van der Waals surface area contributed by atoms with Crippen molar-refractivity contribution in [3.63, 3.8) is 0 Å².